The SMILES string of the molecule is Cc1nc(N)cc(NCC2CCCC2)n1. The lowest BCUT2D eigenvalue weighted by atomic mass is 10.1. The fourth-order valence-corrected chi connectivity index (χ4v) is 2.14. The van der Waals surface area contributed by atoms with Crippen molar-refractivity contribution in [2.24, 2.45) is 5.92 Å². The highest BCUT2D eigenvalue weighted by Crippen LogP contribution is 2.24. The van der Waals surface area contributed by atoms with Gasteiger partial charge in [0.05, 0.1) is 0 Å². The van der Waals surface area contributed by atoms with E-state index in [4.69, 9.17) is 5.73 Å². The number of nitrogens with one attached hydrogen (secondary N) is 1. The summed E-state index contributed by atoms with van der Waals surface area (Å²) in [5.41, 5.74) is 5.65. The van der Waals surface area contributed by atoms with E-state index in [0.29, 0.717) is 5.82 Å². The molecule has 0 spiro atoms. The maximum absolute atomic E-state index is 5.65. The van der Waals surface area contributed by atoms with Gasteiger partial charge in [0.15, 0.2) is 0 Å². The Hall–Kier alpha value is -1.32. The molecule has 0 amide bonds. The molecule has 4 nitrogen and oxygen atoms in total. The molecule has 82 valence electrons. The zero-order valence-corrected chi connectivity index (χ0v) is 9.16. The lowest BCUT2D eigenvalue weighted by Gasteiger charge is -2.11. The lowest BCUT2D eigenvalue weighted by molar-refractivity contribution is 0.578. The molecule has 0 aromatic carbocycles. The first-order valence-electron chi connectivity index (χ1n) is 5.59. The average molecular weight is 206 g/mol. The van der Waals surface area contributed by atoms with E-state index in [9.17, 15) is 0 Å². The van der Waals surface area contributed by atoms with E-state index in [1.807, 2.05) is 6.92 Å². The number of nitrogens with two attached hydrogens (primary N) is 1. The number of hydrogen-bond donors (Lipinski definition) is 2. The smallest absolute Gasteiger partial charge is 0.131 e. The molecular formula is C11H18N4. The first-order valence-corrected chi connectivity index (χ1v) is 5.59. The molecule has 1 heterocycles. The van der Waals surface area contributed by atoms with Crippen molar-refractivity contribution in [1.29, 1.82) is 0 Å². The molecule has 1 aliphatic rings. The van der Waals surface area contributed by atoms with Crippen LogP contribution in [0.1, 0.15) is 31.5 Å². The highest BCUT2D eigenvalue weighted by Gasteiger charge is 2.14. The van der Waals surface area contributed by atoms with Gasteiger partial charge in [-0.25, -0.2) is 9.97 Å². The summed E-state index contributed by atoms with van der Waals surface area (Å²) >= 11 is 0. The van der Waals surface area contributed by atoms with E-state index in [1.54, 1.807) is 6.07 Å². The highest BCUT2D eigenvalue weighted by atomic mass is 15.0. The largest absolute Gasteiger partial charge is 0.384 e. The Kier molecular flexibility index (Phi) is 3.04. The van der Waals surface area contributed by atoms with Gasteiger partial charge < -0.3 is 11.1 Å². The lowest BCUT2D eigenvalue weighted by Crippen LogP contribution is -2.12. The zero-order valence-electron chi connectivity index (χ0n) is 9.16. The number of rotatable bonds is 3. The monoisotopic (exact) mass is 206 g/mol. The molecule has 1 fully saturated rings. The Labute approximate surface area is 90.3 Å². The van der Waals surface area contributed by atoms with Gasteiger partial charge in [-0.15, -0.1) is 0 Å². The van der Waals surface area contributed by atoms with Gasteiger partial charge in [-0.1, -0.05) is 12.8 Å². The second-order valence-corrected chi connectivity index (χ2v) is 4.26. The minimum Gasteiger partial charge on any atom is -0.384 e. The molecule has 3 N–H and O–H groups in total. The van der Waals surface area contributed by atoms with Crippen molar-refractivity contribution in [1.82, 2.24) is 9.97 Å². The van der Waals surface area contributed by atoms with E-state index >= 15 is 0 Å². The van der Waals surface area contributed by atoms with Crippen LogP contribution in [-0.2, 0) is 0 Å². The Bertz CT molecular complexity index is 311. The van der Waals surface area contributed by atoms with Crippen LogP contribution in [0.25, 0.3) is 0 Å². The molecule has 1 saturated carbocycles. The Morgan fingerprint density at radius 2 is 2.13 bits per heavy atom. The van der Waals surface area contributed by atoms with Crippen LogP contribution in [0, 0.1) is 12.8 Å². The van der Waals surface area contributed by atoms with Crippen LogP contribution < -0.4 is 11.1 Å². The van der Waals surface area contributed by atoms with Crippen molar-refractivity contribution in [2.75, 3.05) is 17.6 Å². The van der Waals surface area contributed by atoms with E-state index in [1.165, 1.54) is 25.7 Å². The van der Waals surface area contributed by atoms with Crippen LogP contribution in [0.15, 0.2) is 6.07 Å². The van der Waals surface area contributed by atoms with Crippen molar-refractivity contribution < 1.29 is 0 Å². The van der Waals surface area contributed by atoms with Gasteiger partial charge in [0.25, 0.3) is 0 Å². The molecule has 2 rings (SSSR count). The number of aromatic nitrogens is 2. The number of nitrogen functional groups attached to an aromatic ring is 1. The molecule has 0 bridgehead atoms. The minimum absolute atomic E-state index is 0.538. The fraction of sp³-hybridized carbons (Fsp3) is 0.636. The van der Waals surface area contributed by atoms with Gasteiger partial charge in [0.2, 0.25) is 0 Å². The summed E-state index contributed by atoms with van der Waals surface area (Å²) in [6, 6.07) is 1.79. The summed E-state index contributed by atoms with van der Waals surface area (Å²) in [5, 5.41) is 3.34. The second-order valence-electron chi connectivity index (χ2n) is 4.26. The van der Waals surface area contributed by atoms with Gasteiger partial charge >= 0.3 is 0 Å². The van der Waals surface area contributed by atoms with Gasteiger partial charge in [-0.05, 0) is 25.7 Å². The molecule has 0 atom stereocenters. The maximum Gasteiger partial charge on any atom is 0.131 e. The summed E-state index contributed by atoms with van der Waals surface area (Å²) in [5.74, 6) is 2.92. The predicted molar refractivity (Wildman–Crippen MR) is 61.6 cm³/mol. The molecule has 1 aromatic heterocycles. The van der Waals surface area contributed by atoms with Crippen LogP contribution in [-0.4, -0.2) is 16.5 Å². The summed E-state index contributed by atoms with van der Waals surface area (Å²) in [4.78, 5) is 8.33. The average Bonchev–Trinajstić information content (AvgIpc) is 2.65. The molecule has 15 heavy (non-hydrogen) atoms. The Balaban J connectivity index is 1.92. The predicted octanol–water partition coefficient (Wildman–Crippen LogP) is 1.97. The van der Waals surface area contributed by atoms with Gasteiger partial charge in [-0.2, -0.15) is 0 Å². The molecule has 1 aliphatic carbocycles. The quantitative estimate of drug-likeness (QED) is 0.793. The van der Waals surface area contributed by atoms with E-state index < -0.39 is 0 Å². The molecule has 0 saturated heterocycles. The number of hydrogen-bond acceptors (Lipinski definition) is 4. The minimum atomic E-state index is 0.538. The highest BCUT2D eigenvalue weighted by molar-refractivity contribution is 5.44. The van der Waals surface area contributed by atoms with Crippen LogP contribution in [0.3, 0.4) is 0 Å². The summed E-state index contributed by atoms with van der Waals surface area (Å²) in [6.07, 6.45) is 5.42. The normalized spacial score (nSPS) is 16.9. The summed E-state index contributed by atoms with van der Waals surface area (Å²) in [6.45, 7) is 2.87. The Morgan fingerprint density at radius 3 is 2.80 bits per heavy atom. The van der Waals surface area contributed by atoms with Crippen molar-refractivity contribution in [2.45, 2.75) is 32.6 Å². The second kappa shape index (κ2) is 4.47. The molecule has 1 aromatic rings. The first kappa shape index (κ1) is 10.2. The summed E-state index contributed by atoms with van der Waals surface area (Å²) in [7, 11) is 0. The third-order valence-electron chi connectivity index (χ3n) is 2.90. The van der Waals surface area contributed by atoms with E-state index in [-0.39, 0.29) is 0 Å². The maximum atomic E-state index is 5.65. The van der Waals surface area contributed by atoms with E-state index in [0.717, 1.165) is 24.1 Å². The van der Waals surface area contributed by atoms with Gasteiger partial charge in [-0.3, -0.25) is 0 Å². The van der Waals surface area contributed by atoms with Crippen molar-refractivity contribution in [3.8, 4) is 0 Å². The third-order valence-corrected chi connectivity index (χ3v) is 2.90. The van der Waals surface area contributed by atoms with Crippen molar-refractivity contribution in [3.05, 3.63) is 11.9 Å². The summed E-state index contributed by atoms with van der Waals surface area (Å²) < 4.78 is 0. The third kappa shape index (κ3) is 2.81. The number of anilines is 2. The topological polar surface area (TPSA) is 63.8 Å². The van der Waals surface area contributed by atoms with Crippen molar-refractivity contribution in [3.63, 3.8) is 0 Å². The first-order chi connectivity index (χ1) is 7.24. The van der Waals surface area contributed by atoms with E-state index in [2.05, 4.69) is 15.3 Å². The van der Waals surface area contributed by atoms with Crippen LogP contribution >= 0.6 is 0 Å². The number of nitrogens with zero attached hydrogens (tertiary/aromatic N) is 2. The molecular weight excluding hydrogens is 188 g/mol. The molecule has 0 radical (unpaired) electrons. The van der Waals surface area contributed by atoms with Gasteiger partial charge in [0, 0.05) is 12.6 Å². The molecule has 4 heteroatoms. The van der Waals surface area contributed by atoms with Crippen LogP contribution in [0.2, 0.25) is 0 Å². The standard InChI is InChI=1S/C11H18N4/c1-8-14-10(12)6-11(15-8)13-7-9-4-2-3-5-9/h6,9H,2-5,7H2,1H3,(H3,12,13,14,15). The fourth-order valence-electron chi connectivity index (χ4n) is 2.14. The number of aryl methyl sites for hydroxylation is 1. The zero-order chi connectivity index (χ0) is 10.7. The molecule has 0 unspecified atom stereocenters. The Morgan fingerprint density at radius 1 is 1.40 bits per heavy atom. The van der Waals surface area contributed by atoms with Crippen LogP contribution in [0.5, 0.6) is 0 Å². The van der Waals surface area contributed by atoms with Crippen LogP contribution in [0.4, 0.5) is 11.6 Å². The van der Waals surface area contributed by atoms with Gasteiger partial charge in [0.1, 0.15) is 17.5 Å². The van der Waals surface area contributed by atoms with Crippen molar-refractivity contribution >= 4 is 11.6 Å². The molecule has 0 aliphatic heterocycles.